The third kappa shape index (κ3) is 9.52. The van der Waals surface area contributed by atoms with Crippen molar-refractivity contribution in [3.8, 4) is 22.5 Å². The van der Waals surface area contributed by atoms with E-state index in [9.17, 15) is 28.5 Å². The molecular weight excluding hydrogens is 911 g/mol. The van der Waals surface area contributed by atoms with Crippen molar-refractivity contribution >= 4 is 60.7 Å². The lowest BCUT2D eigenvalue weighted by atomic mass is 9.98. The van der Waals surface area contributed by atoms with Gasteiger partial charge < -0.3 is 30.7 Å². The summed E-state index contributed by atoms with van der Waals surface area (Å²) in [4.78, 5) is 21.8. The molecule has 2 aliphatic carbocycles. The van der Waals surface area contributed by atoms with Gasteiger partial charge in [0.2, 0.25) is 0 Å². The molecule has 5 aromatic carbocycles. The topological polar surface area (TPSA) is 241 Å². The zero-order chi connectivity index (χ0) is 48.5. The number of esters is 1. The molecule has 0 saturated heterocycles. The van der Waals surface area contributed by atoms with Crippen LogP contribution in [0.2, 0.25) is 0 Å². The van der Waals surface area contributed by atoms with Gasteiger partial charge in [-0.2, -0.15) is 27.6 Å². The van der Waals surface area contributed by atoms with E-state index in [4.69, 9.17) is 20.1 Å². The van der Waals surface area contributed by atoms with Crippen molar-refractivity contribution in [2.24, 2.45) is 22.9 Å². The van der Waals surface area contributed by atoms with Crippen molar-refractivity contribution < 1.29 is 37.5 Å². The number of rotatable bonds is 12. The highest BCUT2D eigenvalue weighted by molar-refractivity contribution is 7.84. The average Bonchev–Trinajstić information content (AvgIpc) is 4.15. The van der Waals surface area contributed by atoms with Gasteiger partial charge in [0.15, 0.2) is 11.3 Å². The van der Waals surface area contributed by atoms with Gasteiger partial charge >= 0.3 is 16.3 Å². The molecule has 2 saturated carbocycles. The molecule has 2 fully saturated rings. The summed E-state index contributed by atoms with van der Waals surface area (Å²) in [6.45, 7) is 1.76. The predicted molar refractivity (Wildman–Crippen MR) is 266 cm³/mol. The molecule has 11 rings (SSSR count). The maximum Gasteiger partial charge on any atom is 0.338 e. The Kier molecular flexibility index (Phi) is 13.0. The number of aromatic nitrogens is 6. The molecule has 0 bridgehead atoms. The van der Waals surface area contributed by atoms with Crippen LogP contribution in [0.4, 0.5) is 11.6 Å². The minimum Gasteiger partial charge on any atom is -0.456 e. The van der Waals surface area contributed by atoms with Gasteiger partial charge in [-0.1, -0.05) is 110 Å². The molecule has 0 radical (unpaired) electrons. The number of carbonyl (C=O) groups excluding carboxylic acids is 1. The summed E-state index contributed by atoms with van der Waals surface area (Å²) >= 11 is 0. The van der Waals surface area contributed by atoms with Crippen LogP contribution in [-0.4, -0.2) is 103 Å². The standard InChI is InChI=1S/C30H28N4O3.C22H23N5O5S/c1-19-22(18-35)16-26(29(19)37-30(36)21-9-3-2-4-10-21)32-27-14-15-31-28-17-25(33-34(27)28)24-13-7-11-20-8-5-6-12-23(20)24;23-33(30,31)32-12-14-10-18(22(29)21(14)28)25-19-8-9-24-20-11-17(26-27(19)20)16-7-3-5-13-4-1-2-6-15(13)16/h2-15,17,19,22,26,29,32,35H,16,18H2,1H3;1-9,11,14,18,21-22,25,28-29H,10,12H2,(H2,23,30,31)/t19-,22-,26-,29-;14-,18-,21-,22+/m11/s1. The first-order chi connectivity index (χ1) is 33.9. The summed E-state index contributed by atoms with van der Waals surface area (Å²) in [5.41, 5.74) is 5.44. The van der Waals surface area contributed by atoms with E-state index >= 15 is 0 Å². The molecule has 70 heavy (non-hydrogen) atoms. The van der Waals surface area contributed by atoms with Gasteiger partial charge in [-0.25, -0.2) is 19.9 Å². The number of carbonyl (C=O) groups is 1. The second-order valence-electron chi connectivity index (χ2n) is 17.8. The number of hydrogen-bond acceptors (Lipinski definition) is 14. The molecule has 9 aromatic rings. The highest BCUT2D eigenvalue weighted by Crippen LogP contribution is 2.37. The van der Waals surface area contributed by atoms with Gasteiger partial charge in [0.1, 0.15) is 23.8 Å². The largest absolute Gasteiger partial charge is 0.456 e. The Bertz CT molecular complexity index is 3430. The average molecular weight is 962 g/mol. The first-order valence-corrected chi connectivity index (χ1v) is 24.5. The maximum atomic E-state index is 12.9. The summed E-state index contributed by atoms with van der Waals surface area (Å²) in [6, 6.07) is 44.3. The number of anilines is 2. The molecule has 358 valence electrons. The van der Waals surface area contributed by atoms with Crippen LogP contribution in [-0.2, 0) is 19.2 Å². The number of nitrogens with zero attached hydrogens (tertiary/aromatic N) is 6. The van der Waals surface area contributed by atoms with Crippen molar-refractivity contribution in [3.05, 3.63) is 157 Å². The van der Waals surface area contributed by atoms with Crippen molar-refractivity contribution in [2.45, 2.75) is 50.2 Å². The van der Waals surface area contributed by atoms with Crippen LogP contribution < -0.4 is 15.8 Å². The fourth-order valence-electron chi connectivity index (χ4n) is 9.81. The van der Waals surface area contributed by atoms with Crippen LogP contribution in [0.15, 0.2) is 152 Å². The normalized spacial score (nSPS) is 22.3. The fraction of sp³-hybridized carbons (Fsp3) is 0.250. The lowest BCUT2D eigenvalue weighted by Gasteiger charge is -2.25. The van der Waals surface area contributed by atoms with Gasteiger partial charge in [0, 0.05) is 54.1 Å². The first kappa shape index (κ1) is 46.4. The number of aliphatic hydroxyl groups is 3. The maximum absolute atomic E-state index is 12.9. The van der Waals surface area contributed by atoms with Crippen molar-refractivity contribution in [1.29, 1.82) is 0 Å². The number of ether oxygens (including phenoxy) is 1. The minimum absolute atomic E-state index is 0.00337. The number of benzene rings is 5. The zero-order valence-electron chi connectivity index (χ0n) is 37.9. The van der Waals surface area contributed by atoms with Gasteiger partial charge in [-0.05, 0) is 64.6 Å². The van der Waals surface area contributed by atoms with E-state index in [0.717, 1.165) is 55.5 Å². The third-order valence-corrected chi connectivity index (χ3v) is 13.9. The smallest absolute Gasteiger partial charge is 0.338 e. The molecular formula is C52H51N9O8S. The zero-order valence-corrected chi connectivity index (χ0v) is 38.7. The van der Waals surface area contributed by atoms with Crippen LogP contribution in [0, 0.1) is 17.8 Å². The summed E-state index contributed by atoms with van der Waals surface area (Å²) in [6.07, 6.45) is 1.64. The summed E-state index contributed by atoms with van der Waals surface area (Å²) in [5, 5.41) is 56.5. The Hall–Kier alpha value is -7.32. The van der Waals surface area contributed by atoms with Gasteiger partial charge in [-0.3, -0.25) is 4.18 Å². The SMILES string of the molecule is C[C@@H]1[C@@H](CO)C[C@@H](Nc2ccnc3cc(-c4cccc5ccccc45)nn23)[C@@H]1OC(=O)c1ccccc1.NS(=O)(=O)OC[C@H]1C[C@@H](Nc2ccnc3cc(-c4cccc5ccccc45)nn23)[C@H](O)[C@@H]1O. The second kappa shape index (κ2) is 19.6. The molecule has 2 aliphatic rings. The molecule has 0 aliphatic heterocycles. The van der Waals surface area contributed by atoms with Crippen LogP contribution >= 0.6 is 0 Å². The van der Waals surface area contributed by atoms with Crippen LogP contribution in [0.3, 0.4) is 0 Å². The first-order valence-electron chi connectivity index (χ1n) is 23.0. The molecule has 18 heteroatoms. The Morgan fingerprint density at radius 1 is 0.686 bits per heavy atom. The summed E-state index contributed by atoms with van der Waals surface area (Å²) in [7, 11) is -4.13. The van der Waals surface area contributed by atoms with Crippen molar-refractivity contribution in [2.75, 3.05) is 23.8 Å². The Morgan fingerprint density at radius 2 is 1.20 bits per heavy atom. The fourth-order valence-corrected chi connectivity index (χ4v) is 10.2. The van der Waals surface area contributed by atoms with E-state index in [2.05, 4.69) is 49.1 Å². The third-order valence-electron chi connectivity index (χ3n) is 13.5. The van der Waals surface area contributed by atoms with E-state index in [-0.39, 0.29) is 43.5 Å². The van der Waals surface area contributed by atoms with E-state index in [1.54, 1.807) is 39.6 Å². The number of nitrogens with two attached hydrogens (primary N) is 1. The van der Waals surface area contributed by atoms with E-state index in [1.807, 2.05) is 104 Å². The quantitative estimate of drug-likeness (QED) is 0.0718. The Balaban J connectivity index is 0.000000163. The van der Waals surface area contributed by atoms with Gasteiger partial charge in [0.05, 0.1) is 41.7 Å². The molecule has 0 spiro atoms. The second-order valence-corrected chi connectivity index (χ2v) is 19.1. The predicted octanol–water partition coefficient (Wildman–Crippen LogP) is 6.50. The van der Waals surface area contributed by atoms with Crippen LogP contribution in [0.25, 0.3) is 55.4 Å². The van der Waals surface area contributed by atoms with E-state index in [1.165, 1.54) is 0 Å². The molecule has 4 heterocycles. The van der Waals surface area contributed by atoms with Crippen LogP contribution in [0.1, 0.15) is 30.1 Å². The van der Waals surface area contributed by atoms with Crippen molar-refractivity contribution in [3.63, 3.8) is 0 Å². The van der Waals surface area contributed by atoms with Crippen molar-refractivity contribution in [1.82, 2.24) is 29.2 Å². The molecule has 7 N–H and O–H groups in total. The number of fused-ring (bicyclic) bond motifs is 4. The molecule has 8 atom stereocenters. The summed E-state index contributed by atoms with van der Waals surface area (Å²) < 4.78 is 36.2. The molecule has 0 unspecified atom stereocenters. The summed E-state index contributed by atoms with van der Waals surface area (Å²) in [5.74, 6) is 0.393. The number of nitrogens with one attached hydrogen (secondary N) is 2. The minimum atomic E-state index is -4.13. The lowest BCUT2D eigenvalue weighted by Crippen LogP contribution is -2.36. The Morgan fingerprint density at radius 3 is 1.76 bits per heavy atom. The van der Waals surface area contributed by atoms with E-state index < -0.39 is 40.6 Å². The number of aliphatic hydroxyl groups excluding tert-OH is 3. The monoisotopic (exact) mass is 961 g/mol. The number of hydrogen-bond donors (Lipinski definition) is 6. The lowest BCUT2D eigenvalue weighted by molar-refractivity contribution is 0.00777. The molecule has 17 nitrogen and oxygen atoms in total. The van der Waals surface area contributed by atoms with Crippen LogP contribution in [0.5, 0.6) is 0 Å². The highest BCUT2D eigenvalue weighted by atomic mass is 32.2. The molecule has 0 amide bonds. The van der Waals surface area contributed by atoms with Gasteiger partial charge in [0.25, 0.3) is 0 Å². The Labute approximate surface area is 402 Å². The highest BCUT2D eigenvalue weighted by Gasteiger charge is 2.44. The molecule has 4 aromatic heterocycles. The van der Waals surface area contributed by atoms with E-state index in [0.29, 0.717) is 23.4 Å². The van der Waals surface area contributed by atoms with Gasteiger partial charge in [-0.15, -0.1) is 0 Å².